The van der Waals surface area contributed by atoms with Crippen LogP contribution in [0.15, 0.2) is 47.5 Å². The molecule has 2 amide bonds. The Labute approximate surface area is 162 Å². The molecule has 142 valence electrons. The number of pyridine rings is 1. The lowest BCUT2D eigenvalue weighted by atomic mass is 10.3. The fourth-order valence-electron chi connectivity index (χ4n) is 2.64. The van der Waals surface area contributed by atoms with E-state index >= 15 is 0 Å². The summed E-state index contributed by atoms with van der Waals surface area (Å²) in [6.07, 6.45) is 1.62. The van der Waals surface area contributed by atoms with Crippen molar-refractivity contribution in [1.82, 2.24) is 10.3 Å². The molecule has 7 nitrogen and oxygen atoms in total. The Hall–Kier alpha value is -2.74. The van der Waals surface area contributed by atoms with E-state index in [9.17, 15) is 9.59 Å². The van der Waals surface area contributed by atoms with Gasteiger partial charge in [-0.1, -0.05) is 0 Å². The predicted molar refractivity (Wildman–Crippen MR) is 106 cm³/mol. The number of anilines is 2. The summed E-state index contributed by atoms with van der Waals surface area (Å²) in [5, 5.41) is 5.40. The van der Waals surface area contributed by atoms with Crippen LogP contribution in [0, 0.1) is 0 Å². The minimum Gasteiger partial charge on any atom is -0.497 e. The zero-order chi connectivity index (χ0) is 19.2. The number of hydrogen-bond donors (Lipinski definition) is 2. The Kier molecular flexibility index (Phi) is 6.18. The second kappa shape index (κ2) is 8.77. The van der Waals surface area contributed by atoms with Crippen LogP contribution >= 0.6 is 11.8 Å². The molecule has 1 aliphatic heterocycles. The molecule has 8 heteroatoms. The molecule has 0 radical (unpaired) electrons. The third-order valence-electron chi connectivity index (χ3n) is 4.12. The zero-order valence-corrected chi connectivity index (χ0v) is 16.1. The molecule has 0 unspecified atom stereocenters. The smallest absolute Gasteiger partial charge is 0.239 e. The second-order valence-electron chi connectivity index (χ2n) is 6.10. The first-order chi connectivity index (χ1) is 13.0. The number of aromatic nitrogens is 1. The monoisotopic (exact) mass is 386 g/mol. The highest BCUT2D eigenvalue weighted by molar-refractivity contribution is 8.00. The highest BCUT2D eigenvalue weighted by Crippen LogP contribution is 2.26. The van der Waals surface area contributed by atoms with Gasteiger partial charge in [-0.05, 0) is 43.3 Å². The average Bonchev–Trinajstić information content (AvgIpc) is 2.69. The van der Waals surface area contributed by atoms with Crippen molar-refractivity contribution in [2.75, 3.05) is 37.0 Å². The maximum absolute atomic E-state index is 12.4. The minimum atomic E-state index is -0.260. The summed E-state index contributed by atoms with van der Waals surface area (Å²) < 4.78 is 5.14. The first-order valence-electron chi connectivity index (χ1n) is 8.64. The summed E-state index contributed by atoms with van der Waals surface area (Å²) in [4.78, 5) is 31.2. The Bertz CT molecular complexity index is 796. The molecule has 27 heavy (non-hydrogen) atoms. The third-order valence-corrected chi connectivity index (χ3v) is 5.23. The summed E-state index contributed by atoms with van der Waals surface area (Å²) in [6.45, 7) is 3.49. The van der Waals surface area contributed by atoms with Crippen LogP contribution in [0.4, 0.5) is 11.5 Å². The van der Waals surface area contributed by atoms with Gasteiger partial charge in [0.1, 0.15) is 11.6 Å². The van der Waals surface area contributed by atoms with Gasteiger partial charge in [0.25, 0.3) is 0 Å². The molecule has 1 saturated heterocycles. The molecule has 2 heterocycles. The number of benzene rings is 1. The summed E-state index contributed by atoms with van der Waals surface area (Å²) in [5.41, 5.74) is 0.632. The number of thioether (sulfide) groups is 1. The number of carbonyl (C=O) groups is 2. The van der Waals surface area contributed by atoms with Crippen LogP contribution in [-0.2, 0) is 9.59 Å². The maximum atomic E-state index is 12.4. The minimum absolute atomic E-state index is 0.00943. The van der Waals surface area contributed by atoms with Crippen LogP contribution in [0.3, 0.4) is 0 Å². The number of methoxy groups -OCH3 is 1. The number of hydrogen-bond acceptors (Lipinski definition) is 6. The van der Waals surface area contributed by atoms with E-state index in [0.29, 0.717) is 18.8 Å². The Morgan fingerprint density at radius 1 is 1.30 bits per heavy atom. The average molecular weight is 386 g/mol. The lowest BCUT2D eigenvalue weighted by Gasteiger charge is -2.27. The number of amides is 2. The van der Waals surface area contributed by atoms with E-state index in [1.807, 2.05) is 42.2 Å². The van der Waals surface area contributed by atoms with Gasteiger partial charge in [-0.25, -0.2) is 4.98 Å². The van der Waals surface area contributed by atoms with Crippen molar-refractivity contribution in [3.63, 3.8) is 0 Å². The lowest BCUT2D eigenvalue weighted by molar-refractivity contribution is -0.120. The molecule has 1 fully saturated rings. The first kappa shape index (κ1) is 19.0. The van der Waals surface area contributed by atoms with Gasteiger partial charge in [0.2, 0.25) is 11.8 Å². The number of ether oxygens (including phenoxy) is 1. The molecule has 1 aliphatic rings. The molecular weight excluding hydrogens is 364 g/mol. The highest BCUT2D eigenvalue weighted by Gasteiger charge is 2.18. The summed E-state index contributed by atoms with van der Waals surface area (Å²) in [5.74, 6) is 1.41. The SMILES string of the molecule is COc1ccc(S[C@H](C)C(=O)Nc2ccc(N3CCNC(=O)C3)nc2)cc1. The molecule has 2 N–H and O–H groups in total. The largest absolute Gasteiger partial charge is 0.497 e. The Balaban J connectivity index is 1.55. The Morgan fingerprint density at radius 2 is 2.07 bits per heavy atom. The van der Waals surface area contributed by atoms with Crippen molar-refractivity contribution in [3.8, 4) is 5.75 Å². The predicted octanol–water partition coefficient (Wildman–Crippen LogP) is 2.15. The van der Waals surface area contributed by atoms with Gasteiger partial charge >= 0.3 is 0 Å². The van der Waals surface area contributed by atoms with Crippen LogP contribution in [0.2, 0.25) is 0 Å². The molecule has 1 atom stereocenters. The molecule has 0 aliphatic carbocycles. The molecule has 0 bridgehead atoms. The third kappa shape index (κ3) is 5.13. The summed E-state index contributed by atoms with van der Waals surface area (Å²) in [7, 11) is 1.62. The standard InChI is InChI=1S/C19H22N4O3S/c1-13(27-16-6-4-15(26-2)5-7-16)19(25)22-14-3-8-17(21-11-14)23-10-9-20-18(24)12-23/h3-8,11,13H,9-10,12H2,1-2H3,(H,20,24)(H,22,25)/t13-/m1/s1. The number of nitrogens with zero attached hydrogens (tertiary/aromatic N) is 2. The van der Waals surface area contributed by atoms with E-state index in [2.05, 4.69) is 15.6 Å². The van der Waals surface area contributed by atoms with Gasteiger partial charge in [-0.2, -0.15) is 0 Å². The van der Waals surface area contributed by atoms with Gasteiger partial charge in [-0.3, -0.25) is 9.59 Å². The quantitative estimate of drug-likeness (QED) is 0.740. The molecular formula is C19H22N4O3S. The number of piperazine rings is 1. The molecule has 1 aromatic carbocycles. The molecule has 2 aromatic rings. The zero-order valence-electron chi connectivity index (χ0n) is 15.3. The van der Waals surface area contributed by atoms with Crippen LogP contribution in [0.5, 0.6) is 5.75 Å². The number of rotatable bonds is 6. The lowest BCUT2D eigenvalue weighted by Crippen LogP contribution is -2.48. The fraction of sp³-hybridized carbons (Fsp3) is 0.316. The second-order valence-corrected chi connectivity index (χ2v) is 7.52. The molecule has 0 saturated carbocycles. The van der Waals surface area contributed by atoms with Crippen molar-refractivity contribution in [2.24, 2.45) is 0 Å². The fourth-order valence-corrected chi connectivity index (χ4v) is 3.50. The maximum Gasteiger partial charge on any atom is 0.239 e. The van der Waals surface area contributed by atoms with Crippen molar-refractivity contribution < 1.29 is 14.3 Å². The van der Waals surface area contributed by atoms with Crippen LogP contribution in [0.25, 0.3) is 0 Å². The van der Waals surface area contributed by atoms with Gasteiger partial charge < -0.3 is 20.3 Å². The summed E-state index contributed by atoms with van der Waals surface area (Å²) in [6, 6.07) is 11.2. The van der Waals surface area contributed by atoms with Gasteiger partial charge in [0, 0.05) is 18.0 Å². The number of nitrogens with one attached hydrogen (secondary N) is 2. The summed E-state index contributed by atoms with van der Waals surface area (Å²) >= 11 is 1.48. The van der Waals surface area contributed by atoms with Crippen molar-refractivity contribution in [3.05, 3.63) is 42.6 Å². The van der Waals surface area contributed by atoms with E-state index in [1.165, 1.54) is 11.8 Å². The van der Waals surface area contributed by atoms with Crippen molar-refractivity contribution in [2.45, 2.75) is 17.1 Å². The van der Waals surface area contributed by atoms with Crippen molar-refractivity contribution in [1.29, 1.82) is 0 Å². The van der Waals surface area contributed by atoms with E-state index in [1.54, 1.807) is 19.4 Å². The highest BCUT2D eigenvalue weighted by atomic mass is 32.2. The molecule has 0 spiro atoms. The van der Waals surface area contributed by atoms with Crippen LogP contribution in [0.1, 0.15) is 6.92 Å². The molecule has 3 rings (SSSR count). The van der Waals surface area contributed by atoms with E-state index in [0.717, 1.165) is 23.0 Å². The molecule has 1 aromatic heterocycles. The number of carbonyl (C=O) groups excluding carboxylic acids is 2. The van der Waals surface area contributed by atoms with Gasteiger partial charge in [0.05, 0.1) is 30.8 Å². The van der Waals surface area contributed by atoms with Crippen LogP contribution in [-0.4, -0.2) is 48.8 Å². The van der Waals surface area contributed by atoms with Crippen LogP contribution < -0.4 is 20.3 Å². The van der Waals surface area contributed by atoms with Crippen molar-refractivity contribution >= 4 is 35.1 Å². The van der Waals surface area contributed by atoms with Gasteiger partial charge in [0.15, 0.2) is 0 Å². The van der Waals surface area contributed by atoms with Gasteiger partial charge in [-0.15, -0.1) is 11.8 Å². The topological polar surface area (TPSA) is 83.6 Å². The Morgan fingerprint density at radius 3 is 2.70 bits per heavy atom. The van der Waals surface area contributed by atoms with E-state index in [4.69, 9.17) is 4.74 Å². The first-order valence-corrected chi connectivity index (χ1v) is 9.52. The van der Waals surface area contributed by atoms with E-state index < -0.39 is 0 Å². The normalized spacial score (nSPS) is 15.0. The van der Waals surface area contributed by atoms with E-state index in [-0.39, 0.29) is 17.1 Å².